The van der Waals surface area contributed by atoms with Gasteiger partial charge in [-0.05, 0) is 50.9 Å². The molecule has 84 valence electrons. The van der Waals surface area contributed by atoms with Crippen molar-refractivity contribution in [2.24, 2.45) is 0 Å². The first kappa shape index (κ1) is 12.1. The quantitative estimate of drug-likeness (QED) is 0.783. The second kappa shape index (κ2) is 4.46. The summed E-state index contributed by atoms with van der Waals surface area (Å²) in [5.74, 6) is 0.432. The normalized spacial score (nSPS) is 10.8. The van der Waals surface area contributed by atoms with E-state index in [-0.39, 0.29) is 0 Å². The fraction of sp³-hybridized carbons (Fsp3) is 0.111. The molecule has 7 heteroatoms. The van der Waals surface area contributed by atoms with Crippen LogP contribution in [0.3, 0.4) is 0 Å². The molecule has 0 aliphatic heterocycles. The zero-order valence-electron chi connectivity index (χ0n) is 8.21. The largest absolute Gasteiger partial charge is 0.381 e. The molecule has 0 fully saturated rings. The summed E-state index contributed by atoms with van der Waals surface area (Å²) in [6.45, 7) is 1.87. The zero-order chi connectivity index (χ0) is 11.9. The molecule has 2 rings (SSSR count). The monoisotopic (exact) mass is 408 g/mol. The van der Waals surface area contributed by atoms with Crippen LogP contribution in [0.5, 0.6) is 0 Å². The van der Waals surface area contributed by atoms with E-state index >= 15 is 0 Å². The lowest BCUT2D eigenvalue weighted by Gasteiger charge is -2.09. The maximum absolute atomic E-state index is 5.67. The number of nitrogens with zero attached hydrogens (tertiary/aromatic N) is 3. The molecule has 2 aromatic rings. The number of anilines is 1. The molecule has 0 aliphatic carbocycles. The molecule has 0 unspecified atom stereocenters. The molecular weight excluding hydrogens is 404 g/mol. The Morgan fingerprint density at radius 3 is 2.19 bits per heavy atom. The molecule has 1 aromatic heterocycles. The Hall–Kier alpha value is -0.400. The highest BCUT2D eigenvalue weighted by molar-refractivity contribution is 9.11. The number of nitrogens with two attached hydrogens (primary N) is 1. The zero-order valence-corrected chi connectivity index (χ0v) is 13.0. The van der Waals surface area contributed by atoms with Crippen molar-refractivity contribution in [2.45, 2.75) is 6.92 Å². The number of benzene rings is 1. The van der Waals surface area contributed by atoms with Gasteiger partial charge in [0.05, 0.1) is 11.4 Å². The fourth-order valence-corrected chi connectivity index (χ4v) is 3.88. The Morgan fingerprint density at radius 1 is 1.19 bits per heavy atom. The van der Waals surface area contributed by atoms with Gasteiger partial charge in [-0.1, -0.05) is 21.1 Å². The highest BCUT2D eigenvalue weighted by atomic mass is 79.9. The van der Waals surface area contributed by atoms with Gasteiger partial charge in [-0.15, -0.1) is 5.10 Å². The van der Waals surface area contributed by atoms with E-state index in [9.17, 15) is 0 Å². The molecule has 0 aliphatic rings. The molecule has 0 radical (unpaired) electrons. The summed E-state index contributed by atoms with van der Waals surface area (Å²) < 4.78 is 4.47. The Kier molecular flexibility index (Phi) is 3.37. The number of nitrogen functional groups attached to an aromatic ring is 1. The van der Waals surface area contributed by atoms with Crippen molar-refractivity contribution in [3.63, 3.8) is 0 Å². The summed E-state index contributed by atoms with van der Waals surface area (Å²) in [6.07, 6.45) is 0. The molecule has 4 nitrogen and oxygen atoms in total. The Morgan fingerprint density at radius 2 is 1.75 bits per heavy atom. The maximum Gasteiger partial charge on any atom is 0.169 e. The van der Waals surface area contributed by atoms with Gasteiger partial charge < -0.3 is 5.73 Å². The summed E-state index contributed by atoms with van der Waals surface area (Å²) in [5, 5.41) is 7.84. The van der Waals surface area contributed by atoms with Gasteiger partial charge in [0.25, 0.3) is 0 Å². The van der Waals surface area contributed by atoms with Gasteiger partial charge in [-0.25, -0.2) is 4.68 Å². The lowest BCUT2D eigenvalue weighted by molar-refractivity contribution is 0.779. The summed E-state index contributed by atoms with van der Waals surface area (Å²) in [7, 11) is 0. The van der Waals surface area contributed by atoms with Gasteiger partial charge >= 0.3 is 0 Å². The minimum atomic E-state index is 0.432. The predicted octanol–water partition coefficient (Wildman–Crippen LogP) is 3.45. The molecule has 0 saturated heterocycles. The minimum Gasteiger partial charge on any atom is -0.381 e. The van der Waals surface area contributed by atoms with Crippen LogP contribution in [0.15, 0.2) is 25.6 Å². The van der Waals surface area contributed by atoms with Crippen LogP contribution in [-0.2, 0) is 0 Å². The molecular formula is C9H7Br3N4. The summed E-state index contributed by atoms with van der Waals surface area (Å²) in [6, 6.07) is 3.88. The lowest BCUT2D eigenvalue weighted by Crippen LogP contribution is -2.02. The van der Waals surface area contributed by atoms with Crippen LogP contribution in [0.2, 0.25) is 0 Å². The van der Waals surface area contributed by atoms with E-state index < -0.39 is 0 Å². The van der Waals surface area contributed by atoms with E-state index in [4.69, 9.17) is 5.73 Å². The molecule has 0 saturated carbocycles. The van der Waals surface area contributed by atoms with Gasteiger partial charge in [0.2, 0.25) is 0 Å². The average Bonchev–Trinajstić information content (AvgIpc) is 2.48. The first-order valence-electron chi connectivity index (χ1n) is 4.33. The first-order valence-corrected chi connectivity index (χ1v) is 6.71. The number of hydrogen-bond acceptors (Lipinski definition) is 3. The molecule has 1 aromatic carbocycles. The van der Waals surface area contributed by atoms with Crippen LogP contribution >= 0.6 is 47.8 Å². The van der Waals surface area contributed by atoms with Gasteiger partial charge in [-0.3, -0.25) is 0 Å². The maximum atomic E-state index is 5.67. The molecule has 0 atom stereocenters. The van der Waals surface area contributed by atoms with E-state index in [0.717, 1.165) is 24.8 Å². The van der Waals surface area contributed by atoms with Crippen molar-refractivity contribution in [1.82, 2.24) is 15.0 Å². The minimum absolute atomic E-state index is 0.432. The van der Waals surface area contributed by atoms with Crippen molar-refractivity contribution in [3.8, 4) is 5.69 Å². The molecule has 16 heavy (non-hydrogen) atoms. The third kappa shape index (κ3) is 2.03. The van der Waals surface area contributed by atoms with Crippen LogP contribution in [0.1, 0.15) is 5.69 Å². The third-order valence-corrected chi connectivity index (χ3v) is 3.79. The van der Waals surface area contributed by atoms with Crippen molar-refractivity contribution in [3.05, 3.63) is 31.2 Å². The van der Waals surface area contributed by atoms with E-state index in [1.54, 1.807) is 4.68 Å². The molecule has 2 N–H and O–H groups in total. The lowest BCUT2D eigenvalue weighted by atomic mass is 10.3. The molecule has 1 heterocycles. The van der Waals surface area contributed by atoms with Crippen LogP contribution in [0.4, 0.5) is 5.82 Å². The SMILES string of the molecule is Cc1c(N)nnn1-c1c(Br)cc(Br)cc1Br. The molecule has 0 bridgehead atoms. The first-order chi connectivity index (χ1) is 7.50. The number of aromatic nitrogens is 3. The summed E-state index contributed by atoms with van der Waals surface area (Å²) in [5.41, 5.74) is 7.36. The van der Waals surface area contributed by atoms with Gasteiger partial charge in [0, 0.05) is 13.4 Å². The van der Waals surface area contributed by atoms with Crippen molar-refractivity contribution >= 4 is 53.6 Å². The van der Waals surface area contributed by atoms with E-state index in [2.05, 4.69) is 58.1 Å². The highest BCUT2D eigenvalue weighted by Gasteiger charge is 2.14. The van der Waals surface area contributed by atoms with Crippen molar-refractivity contribution in [1.29, 1.82) is 0 Å². The number of halogens is 3. The van der Waals surface area contributed by atoms with Gasteiger partial charge in [-0.2, -0.15) is 0 Å². The van der Waals surface area contributed by atoms with E-state index in [1.807, 2.05) is 19.1 Å². The van der Waals surface area contributed by atoms with Gasteiger partial charge in [0.1, 0.15) is 0 Å². The smallest absolute Gasteiger partial charge is 0.169 e. The standard InChI is InChI=1S/C9H7Br3N4/c1-4-9(13)14-15-16(4)8-6(11)2-5(10)3-7(8)12/h2-3H,13H2,1H3. The average molecular weight is 411 g/mol. The van der Waals surface area contributed by atoms with Gasteiger partial charge in [0.15, 0.2) is 5.82 Å². The Bertz CT molecular complexity index is 527. The van der Waals surface area contributed by atoms with Crippen molar-refractivity contribution < 1.29 is 0 Å². The Labute approximate surface area is 118 Å². The second-order valence-corrected chi connectivity index (χ2v) is 5.81. The fourth-order valence-electron chi connectivity index (χ4n) is 1.29. The number of hydrogen-bond donors (Lipinski definition) is 1. The Balaban J connectivity index is 2.69. The van der Waals surface area contributed by atoms with Crippen LogP contribution in [0.25, 0.3) is 5.69 Å². The highest BCUT2D eigenvalue weighted by Crippen LogP contribution is 2.33. The third-order valence-electron chi connectivity index (χ3n) is 2.12. The van der Waals surface area contributed by atoms with E-state index in [1.165, 1.54) is 0 Å². The van der Waals surface area contributed by atoms with E-state index in [0.29, 0.717) is 5.82 Å². The summed E-state index contributed by atoms with van der Waals surface area (Å²) >= 11 is 10.4. The predicted molar refractivity (Wildman–Crippen MR) is 73.6 cm³/mol. The number of rotatable bonds is 1. The molecule has 0 spiro atoms. The second-order valence-electron chi connectivity index (χ2n) is 3.19. The van der Waals surface area contributed by atoms with Crippen LogP contribution in [-0.4, -0.2) is 15.0 Å². The van der Waals surface area contributed by atoms with Crippen LogP contribution in [0, 0.1) is 6.92 Å². The summed E-state index contributed by atoms with van der Waals surface area (Å²) in [4.78, 5) is 0. The topological polar surface area (TPSA) is 56.7 Å². The van der Waals surface area contributed by atoms with Crippen LogP contribution < -0.4 is 5.73 Å². The van der Waals surface area contributed by atoms with Crippen molar-refractivity contribution in [2.75, 3.05) is 5.73 Å². The molecule has 0 amide bonds.